The number of carbonyl (C=O) groups is 2. The van der Waals surface area contributed by atoms with Crippen molar-refractivity contribution in [1.82, 2.24) is 45.2 Å². The normalized spacial score (nSPS) is 14.0. The van der Waals surface area contributed by atoms with E-state index in [1.54, 1.807) is 17.1 Å². The number of para-hydroxylation sites is 1. The average Bonchev–Trinajstić information content (AvgIpc) is 3.73. The van der Waals surface area contributed by atoms with E-state index < -0.39 is 0 Å². The van der Waals surface area contributed by atoms with Gasteiger partial charge < -0.3 is 10.1 Å². The number of carbonyl (C=O) groups excluding carboxylic acids is 2. The van der Waals surface area contributed by atoms with Gasteiger partial charge in [-0.25, -0.2) is 4.68 Å². The maximum atomic E-state index is 13.1. The third kappa shape index (κ3) is 8.56. The van der Waals surface area contributed by atoms with Gasteiger partial charge in [0.25, 0.3) is 5.91 Å². The summed E-state index contributed by atoms with van der Waals surface area (Å²) >= 11 is 0. The Bertz CT molecular complexity index is 1480. The van der Waals surface area contributed by atoms with Crippen LogP contribution in [0.1, 0.15) is 67.9 Å². The summed E-state index contributed by atoms with van der Waals surface area (Å²) in [5.74, 6) is -0.233. The molecule has 0 unspecified atom stereocenters. The van der Waals surface area contributed by atoms with Gasteiger partial charge in [-0.15, -0.1) is 10.2 Å². The fourth-order valence-corrected chi connectivity index (χ4v) is 5.45. The Morgan fingerprint density at radius 3 is 2.59 bits per heavy atom. The zero-order valence-corrected chi connectivity index (χ0v) is 25.3. The Labute approximate surface area is 257 Å². The molecular weight excluding hydrogens is 558 g/mol. The lowest BCUT2D eigenvalue weighted by Crippen LogP contribution is -2.36. The van der Waals surface area contributed by atoms with Crippen molar-refractivity contribution < 1.29 is 14.3 Å². The summed E-state index contributed by atoms with van der Waals surface area (Å²) in [4.78, 5) is 31.5. The van der Waals surface area contributed by atoms with E-state index in [0.717, 1.165) is 81.5 Å². The van der Waals surface area contributed by atoms with Crippen LogP contribution in [0.2, 0.25) is 0 Å². The minimum absolute atomic E-state index is 0.0230. The van der Waals surface area contributed by atoms with Crippen LogP contribution in [0.4, 0.5) is 0 Å². The van der Waals surface area contributed by atoms with E-state index in [4.69, 9.17) is 4.74 Å². The second-order valence-corrected chi connectivity index (χ2v) is 11.1. The molecule has 4 heterocycles. The molecule has 12 nitrogen and oxygen atoms in total. The summed E-state index contributed by atoms with van der Waals surface area (Å²) in [6.45, 7) is 5.98. The number of likely N-dealkylation sites (tertiary alicyclic amines) is 1. The standard InChI is InChI=1S/C32H41N9O3/c1-2-44-32(43)25-14-19-39(20-15-25)22-27-23-41(38-35-27)30-13-7-6-12-28(30)31(42)34-17-8-4-3-5-9-18-40-24-29(36-37-40)26-11-10-16-33-21-26/h6-7,10-13,16,21,23-25H,2-5,8-9,14-15,17-20,22H2,1H3,(H,34,42). The van der Waals surface area contributed by atoms with Crippen molar-refractivity contribution in [3.05, 3.63) is 72.4 Å². The van der Waals surface area contributed by atoms with Gasteiger partial charge in [0, 0.05) is 37.6 Å². The van der Waals surface area contributed by atoms with Gasteiger partial charge in [-0.05, 0) is 70.0 Å². The van der Waals surface area contributed by atoms with Crippen molar-refractivity contribution >= 4 is 11.9 Å². The number of ether oxygens (including phenoxy) is 1. The number of aromatic nitrogens is 7. The molecule has 1 aliphatic rings. The number of nitrogens with zero attached hydrogens (tertiary/aromatic N) is 8. The van der Waals surface area contributed by atoms with Crippen LogP contribution in [-0.2, 0) is 22.6 Å². The summed E-state index contributed by atoms with van der Waals surface area (Å²) in [6.07, 6.45) is 14.1. The molecular formula is C32H41N9O3. The summed E-state index contributed by atoms with van der Waals surface area (Å²) in [7, 11) is 0. The quantitative estimate of drug-likeness (QED) is 0.159. The summed E-state index contributed by atoms with van der Waals surface area (Å²) in [6, 6.07) is 11.3. The molecule has 0 saturated carbocycles. The van der Waals surface area contributed by atoms with Gasteiger partial charge in [-0.2, -0.15) is 0 Å². The van der Waals surface area contributed by atoms with E-state index in [0.29, 0.717) is 30.9 Å². The highest BCUT2D eigenvalue weighted by Crippen LogP contribution is 2.21. The van der Waals surface area contributed by atoms with E-state index in [1.165, 1.54) is 0 Å². The zero-order valence-electron chi connectivity index (χ0n) is 25.3. The van der Waals surface area contributed by atoms with Gasteiger partial charge in [0.2, 0.25) is 0 Å². The van der Waals surface area contributed by atoms with E-state index in [-0.39, 0.29) is 17.8 Å². The van der Waals surface area contributed by atoms with Gasteiger partial charge >= 0.3 is 5.97 Å². The number of piperidine rings is 1. The first-order chi connectivity index (χ1) is 21.6. The van der Waals surface area contributed by atoms with Crippen molar-refractivity contribution in [2.45, 2.75) is 65.0 Å². The molecule has 0 aliphatic carbocycles. The maximum absolute atomic E-state index is 13.1. The highest BCUT2D eigenvalue weighted by Gasteiger charge is 2.26. The number of rotatable bonds is 15. The van der Waals surface area contributed by atoms with Crippen molar-refractivity contribution in [3.63, 3.8) is 0 Å². The number of unbranched alkanes of at least 4 members (excludes halogenated alkanes) is 4. The first-order valence-corrected chi connectivity index (χ1v) is 15.6. The van der Waals surface area contributed by atoms with Crippen LogP contribution in [0.5, 0.6) is 0 Å². The monoisotopic (exact) mass is 599 g/mol. The third-order valence-electron chi connectivity index (χ3n) is 7.87. The van der Waals surface area contributed by atoms with Crippen molar-refractivity contribution in [3.8, 4) is 16.9 Å². The fourth-order valence-electron chi connectivity index (χ4n) is 5.45. The first-order valence-electron chi connectivity index (χ1n) is 15.6. The molecule has 1 amide bonds. The van der Waals surface area contributed by atoms with Crippen LogP contribution in [-0.4, -0.2) is 78.0 Å². The molecule has 4 aromatic rings. The summed E-state index contributed by atoms with van der Waals surface area (Å²) in [5.41, 5.74) is 3.90. The van der Waals surface area contributed by atoms with E-state index in [1.807, 2.05) is 60.4 Å². The Hall–Kier alpha value is -4.45. The lowest BCUT2D eigenvalue weighted by atomic mass is 9.97. The number of hydrogen-bond acceptors (Lipinski definition) is 9. The van der Waals surface area contributed by atoms with E-state index in [9.17, 15) is 9.59 Å². The SMILES string of the molecule is CCOC(=O)C1CCN(Cc2cn(-c3ccccc3C(=O)NCCCCCCCn3cc(-c4cccnc4)nn3)nn2)CC1. The van der Waals surface area contributed by atoms with Crippen LogP contribution in [0.3, 0.4) is 0 Å². The van der Waals surface area contributed by atoms with Gasteiger partial charge in [0.15, 0.2) is 0 Å². The molecule has 12 heteroatoms. The molecule has 1 fully saturated rings. The second kappa shape index (κ2) is 15.9. The lowest BCUT2D eigenvalue weighted by molar-refractivity contribution is -0.149. The lowest BCUT2D eigenvalue weighted by Gasteiger charge is -2.30. The van der Waals surface area contributed by atoms with Crippen molar-refractivity contribution in [2.24, 2.45) is 5.92 Å². The van der Waals surface area contributed by atoms with Crippen LogP contribution in [0.15, 0.2) is 61.2 Å². The second-order valence-electron chi connectivity index (χ2n) is 11.1. The van der Waals surface area contributed by atoms with Crippen molar-refractivity contribution in [2.75, 3.05) is 26.2 Å². The predicted molar refractivity (Wildman–Crippen MR) is 165 cm³/mol. The fraction of sp³-hybridized carbons (Fsp3) is 0.469. The topological polar surface area (TPSA) is 133 Å². The molecule has 232 valence electrons. The maximum Gasteiger partial charge on any atom is 0.309 e. The number of aryl methyl sites for hydroxylation is 1. The molecule has 5 rings (SSSR count). The molecule has 1 aromatic carbocycles. The molecule has 0 atom stereocenters. The van der Waals surface area contributed by atoms with Crippen molar-refractivity contribution in [1.29, 1.82) is 0 Å². The number of amides is 1. The number of esters is 1. The van der Waals surface area contributed by atoms with Gasteiger partial charge in [-0.1, -0.05) is 41.8 Å². The number of nitrogens with one attached hydrogen (secondary N) is 1. The molecule has 1 saturated heterocycles. The zero-order chi connectivity index (χ0) is 30.6. The minimum Gasteiger partial charge on any atom is -0.466 e. The highest BCUT2D eigenvalue weighted by molar-refractivity contribution is 5.97. The van der Waals surface area contributed by atoms with E-state index in [2.05, 4.69) is 35.8 Å². The first kappa shape index (κ1) is 31.0. The van der Waals surface area contributed by atoms with E-state index >= 15 is 0 Å². The molecule has 3 aromatic heterocycles. The Balaban J connectivity index is 1.01. The molecule has 1 N–H and O–H groups in total. The smallest absolute Gasteiger partial charge is 0.309 e. The Kier molecular flexibility index (Phi) is 11.2. The molecule has 0 bridgehead atoms. The average molecular weight is 600 g/mol. The molecule has 44 heavy (non-hydrogen) atoms. The highest BCUT2D eigenvalue weighted by atomic mass is 16.5. The predicted octanol–water partition coefficient (Wildman–Crippen LogP) is 4.08. The van der Waals surface area contributed by atoms with Gasteiger partial charge in [-0.3, -0.25) is 24.2 Å². The number of benzene rings is 1. The Morgan fingerprint density at radius 1 is 0.955 bits per heavy atom. The van der Waals surface area contributed by atoms with Crippen LogP contribution >= 0.6 is 0 Å². The van der Waals surface area contributed by atoms with Gasteiger partial charge in [0.1, 0.15) is 5.69 Å². The molecule has 0 spiro atoms. The number of pyridine rings is 1. The summed E-state index contributed by atoms with van der Waals surface area (Å²) in [5, 5.41) is 20.2. The Morgan fingerprint density at radius 2 is 1.77 bits per heavy atom. The third-order valence-corrected chi connectivity index (χ3v) is 7.87. The number of hydrogen-bond donors (Lipinski definition) is 1. The summed E-state index contributed by atoms with van der Waals surface area (Å²) < 4.78 is 8.73. The van der Waals surface area contributed by atoms with Crippen LogP contribution in [0.25, 0.3) is 16.9 Å². The van der Waals surface area contributed by atoms with Crippen LogP contribution < -0.4 is 5.32 Å². The van der Waals surface area contributed by atoms with Gasteiger partial charge in [0.05, 0.1) is 41.9 Å². The minimum atomic E-state index is -0.116. The largest absolute Gasteiger partial charge is 0.466 e. The van der Waals surface area contributed by atoms with Crippen LogP contribution in [0, 0.1) is 5.92 Å². The molecule has 0 radical (unpaired) electrons. The molecule has 1 aliphatic heterocycles.